The van der Waals surface area contributed by atoms with E-state index in [2.05, 4.69) is 19.2 Å². The van der Waals surface area contributed by atoms with Gasteiger partial charge in [-0.1, -0.05) is 38.1 Å². The SMILES string of the molecule is CC(C)COc1ccc(CC(=O)N(Cc2ccc(F)cc2)[C@H]2CCNC[C@H]2F)cc1. The molecule has 3 rings (SSSR count). The second kappa shape index (κ2) is 10.5. The van der Waals surface area contributed by atoms with Crippen molar-refractivity contribution in [3.63, 3.8) is 0 Å². The summed E-state index contributed by atoms with van der Waals surface area (Å²) < 4.78 is 33.6. The first-order chi connectivity index (χ1) is 14.4. The summed E-state index contributed by atoms with van der Waals surface area (Å²) in [7, 11) is 0. The number of rotatable bonds is 8. The fourth-order valence-electron chi connectivity index (χ4n) is 3.58. The van der Waals surface area contributed by atoms with Crippen molar-refractivity contribution in [2.45, 2.75) is 45.4 Å². The van der Waals surface area contributed by atoms with E-state index in [0.29, 0.717) is 25.5 Å². The maximum absolute atomic E-state index is 14.6. The molecular formula is C24H30F2N2O2. The Kier molecular flexibility index (Phi) is 7.80. The Bertz CT molecular complexity index is 809. The lowest BCUT2D eigenvalue weighted by molar-refractivity contribution is -0.135. The lowest BCUT2D eigenvalue weighted by atomic mass is 10.0. The number of nitrogens with zero attached hydrogens (tertiary/aromatic N) is 1. The molecule has 0 aliphatic carbocycles. The predicted molar refractivity (Wildman–Crippen MR) is 114 cm³/mol. The highest BCUT2D eigenvalue weighted by atomic mass is 19.1. The molecule has 1 aliphatic heterocycles. The highest BCUT2D eigenvalue weighted by molar-refractivity contribution is 5.79. The fraction of sp³-hybridized carbons (Fsp3) is 0.458. The Hall–Kier alpha value is -2.47. The predicted octanol–water partition coefficient (Wildman–Crippen LogP) is 4.13. The molecule has 1 heterocycles. The molecule has 0 aromatic heterocycles. The van der Waals surface area contributed by atoms with E-state index in [4.69, 9.17) is 4.74 Å². The van der Waals surface area contributed by atoms with Gasteiger partial charge < -0.3 is 15.0 Å². The standard InChI is InChI=1S/C24H30F2N2O2/c1-17(2)16-30-21-9-5-18(6-10-21)13-24(29)28(23-11-12-27-14-22(23)26)15-19-3-7-20(25)8-4-19/h3-10,17,22-23,27H,11-16H2,1-2H3/t22-,23+/m1/s1. The number of alkyl halides is 1. The van der Waals surface area contributed by atoms with Crippen LogP contribution in [0.2, 0.25) is 0 Å². The highest BCUT2D eigenvalue weighted by Gasteiger charge is 2.33. The number of nitrogens with one attached hydrogen (secondary N) is 1. The molecular weight excluding hydrogens is 386 g/mol. The van der Waals surface area contributed by atoms with E-state index < -0.39 is 12.2 Å². The monoisotopic (exact) mass is 416 g/mol. The lowest BCUT2D eigenvalue weighted by Crippen LogP contribution is -2.53. The van der Waals surface area contributed by atoms with E-state index in [0.717, 1.165) is 16.9 Å². The Morgan fingerprint density at radius 3 is 2.43 bits per heavy atom. The van der Waals surface area contributed by atoms with Gasteiger partial charge in [-0.05, 0) is 54.3 Å². The van der Waals surface area contributed by atoms with Crippen LogP contribution in [0.3, 0.4) is 0 Å². The van der Waals surface area contributed by atoms with Crippen LogP contribution in [-0.2, 0) is 17.8 Å². The third kappa shape index (κ3) is 6.26. The molecule has 30 heavy (non-hydrogen) atoms. The van der Waals surface area contributed by atoms with E-state index in [-0.39, 0.29) is 31.2 Å². The van der Waals surface area contributed by atoms with Crippen molar-refractivity contribution in [2.24, 2.45) is 5.92 Å². The second-order valence-electron chi connectivity index (χ2n) is 8.25. The van der Waals surface area contributed by atoms with Gasteiger partial charge >= 0.3 is 0 Å². The smallest absolute Gasteiger partial charge is 0.227 e. The molecule has 2 aromatic rings. The molecule has 0 spiro atoms. The molecule has 6 heteroatoms. The molecule has 4 nitrogen and oxygen atoms in total. The summed E-state index contributed by atoms with van der Waals surface area (Å²) in [5.41, 5.74) is 1.64. The Morgan fingerprint density at radius 1 is 1.13 bits per heavy atom. The van der Waals surface area contributed by atoms with Gasteiger partial charge in [-0.15, -0.1) is 0 Å². The lowest BCUT2D eigenvalue weighted by Gasteiger charge is -2.37. The van der Waals surface area contributed by atoms with Crippen LogP contribution in [0, 0.1) is 11.7 Å². The summed E-state index contributed by atoms with van der Waals surface area (Å²) in [5.74, 6) is 0.738. The number of benzene rings is 2. The van der Waals surface area contributed by atoms with Crippen molar-refractivity contribution >= 4 is 5.91 Å². The molecule has 0 saturated carbocycles. The molecule has 1 amide bonds. The van der Waals surface area contributed by atoms with E-state index >= 15 is 0 Å². The third-order valence-electron chi connectivity index (χ3n) is 5.22. The Balaban J connectivity index is 1.71. The minimum absolute atomic E-state index is 0.135. The van der Waals surface area contributed by atoms with Gasteiger partial charge in [0.25, 0.3) is 0 Å². The van der Waals surface area contributed by atoms with E-state index in [1.165, 1.54) is 12.1 Å². The van der Waals surface area contributed by atoms with Crippen molar-refractivity contribution in [3.8, 4) is 5.75 Å². The maximum atomic E-state index is 14.6. The molecule has 1 fully saturated rings. The van der Waals surface area contributed by atoms with Gasteiger partial charge in [0.1, 0.15) is 17.7 Å². The zero-order valence-corrected chi connectivity index (χ0v) is 17.6. The van der Waals surface area contributed by atoms with E-state index in [9.17, 15) is 13.6 Å². The van der Waals surface area contributed by atoms with Gasteiger partial charge in [-0.3, -0.25) is 4.79 Å². The van der Waals surface area contributed by atoms with Crippen LogP contribution in [0.25, 0.3) is 0 Å². The molecule has 162 valence electrons. The van der Waals surface area contributed by atoms with Crippen molar-refractivity contribution in [1.82, 2.24) is 10.2 Å². The number of halogens is 2. The van der Waals surface area contributed by atoms with Crippen molar-refractivity contribution in [3.05, 3.63) is 65.5 Å². The quantitative estimate of drug-likeness (QED) is 0.704. The molecule has 2 atom stereocenters. The summed E-state index contributed by atoms with van der Waals surface area (Å²) in [4.78, 5) is 14.8. The zero-order chi connectivity index (χ0) is 21.5. The minimum Gasteiger partial charge on any atom is -0.493 e. The average Bonchev–Trinajstić information content (AvgIpc) is 2.73. The summed E-state index contributed by atoms with van der Waals surface area (Å²) in [6.45, 7) is 5.97. The van der Waals surface area contributed by atoms with Gasteiger partial charge in [-0.2, -0.15) is 0 Å². The van der Waals surface area contributed by atoms with Crippen LogP contribution in [0.1, 0.15) is 31.4 Å². The number of piperidine rings is 1. The van der Waals surface area contributed by atoms with Crippen molar-refractivity contribution in [1.29, 1.82) is 0 Å². The van der Waals surface area contributed by atoms with E-state index in [1.807, 2.05) is 24.3 Å². The molecule has 0 unspecified atom stereocenters. The topological polar surface area (TPSA) is 41.6 Å². The second-order valence-corrected chi connectivity index (χ2v) is 8.25. The number of hydrogen-bond donors (Lipinski definition) is 1. The Labute approximate surface area is 177 Å². The van der Waals surface area contributed by atoms with Gasteiger partial charge in [-0.25, -0.2) is 8.78 Å². The summed E-state index contributed by atoms with van der Waals surface area (Å²) in [6.07, 6.45) is -0.395. The number of hydrogen-bond acceptors (Lipinski definition) is 3. The van der Waals surface area contributed by atoms with Gasteiger partial charge in [0.15, 0.2) is 0 Å². The number of carbonyl (C=O) groups excluding carboxylic acids is 1. The highest BCUT2D eigenvalue weighted by Crippen LogP contribution is 2.21. The summed E-state index contributed by atoms with van der Waals surface area (Å²) in [5, 5.41) is 3.03. The van der Waals surface area contributed by atoms with Gasteiger partial charge in [0, 0.05) is 13.1 Å². The molecule has 0 bridgehead atoms. The minimum atomic E-state index is -1.13. The average molecular weight is 417 g/mol. The first-order valence-electron chi connectivity index (χ1n) is 10.5. The van der Waals surface area contributed by atoms with Crippen LogP contribution in [0.5, 0.6) is 5.75 Å². The van der Waals surface area contributed by atoms with Gasteiger partial charge in [0.2, 0.25) is 5.91 Å². The van der Waals surface area contributed by atoms with E-state index in [1.54, 1.807) is 17.0 Å². The van der Waals surface area contributed by atoms with Crippen LogP contribution >= 0.6 is 0 Å². The summed E-state index contributed by atoms with van der Waals surface area (Å²) >= 11 is 0. The van der Waals surface area contributed by atoms with Crippen molar-refractivity contribution < 1.29 is 18.3 Å². The third-order valence-corrected chi connectivity index (χ3v) is 5.22. The van der Waals surface area contributed by atoms with Gasteiger partial charge in [0.05, 0.1) is 19.1 Å². The number of amides is 1. The number of ether oxygens (including phenoxy) is 1. The summed E-state index contributed by atoms with van der Waals surface area (Å²) in [6, 6.07) is 13.0. The molecule has 2 aromatic carbocycles. The molecule has 1 N–H and O–H groups in total. The normalized spacial score (nSPS) is 19.0. The zero-order valence-electron chi connectivity index (χ0n) is 17.6. The molecule has 1 aliphatic rings. The first kappa shape index (κ1) is 22.2. The first-order valence-corrected chi connectivity index (χ1v) is 10.5. The number of carbonyl (C=O) groups is 1. The molecule has 0 radical (unpaired) electrons. The van der Waals surface area contributed by atoms with Crippen LogP contribution in [0.15, 0.2) is 48.5 Å². The largest absolute Gasteiger partial charge is 0.493 e. The van der Waals surface area contributed by atoms with Crippen molar-refractivity contribution in [2.75, 3.05) is 19.7 Å². The fourth-order valence-corrected chi connectivity index (χ4v) is 3.58. The van der Waals surface area contributed by atoms with Crippen LogP contribution < -0.4 is 10.1 Å². The van der Waals surface area contributed by atoms with Crippen LogP contribution in [0.4, 0.5) is 8.78 Å². The Morgan fingerprint density at radius 2 is 1.80 bits per heavy atom. The molecule has 1 saturated heterocycles. The van der Waals surface area contributed by atoms with Crippen LogP contribution in [-0.4, -0.2) is 42.7 Å². The maximum Gasteiger partial charge on any atom is 0.227 e.